The molecule has 0 amide bonds. The molecule has 7 nitrogen and oxygen atoms in total. The van der Waals surface area contributed by atoms with Gasteiger partial charge in [0.1, 0.15) is 0 Å². The first-order chi connectivity index (χ1) is 8.93. The van der Waals surface area contributed by atoms with Crippen LogP contribution in [0.5, 0.6) is 0 Å². The van der Waals surface area contributed by atoms with Gasteiger partial charge in [0, 0.05) is 31.7 Å². The van der Waals surface area contributed by atoms with Crippen LogP contribution in [0.3, 0.4) is 0 Å². The van der Waals surface area contributed by atoms with E-state index in [0.29, 0.717) is 10.8 Å². The van der Waals surface area contributed by atoms with Gasteiger partial charge in [-0.2, -0.15) is 4.31 Å². The molecule has 2 rings (SSSR count). The number of nitrogens with one attached hydrogen (secondary N) is 1. The van der Waals surface area contributed by atoms with Gasteiger partial charge in [0.2, 0.25) is 0 Å². The fourth-order valence-electron chi connectivity index (χ4n) is 1.66. The van der Waals surface area contributed by atoms with Crippen LogP contribution in [0.4, 0.5) is 5.82 Å². The van der Waals surface area contributed by atoms with Gasteiger partial charge in [-0.15, -0.1) is 11.3 Å². The highest BCUT2D eigenvalue weighted by Crippen LogP contribution is 2.28. The van der Waals surface area contributed by atoms with Gasteiger partial charge < -0.3 is 10.4 Å². The molecule has 0 radical (unpaired) electrons. The van der Waals surface area contributed by atoms with Crippen molar-refractivity contribution in [3.8, 4) is 0 Å². The van der Waals surface area contributed by atoms with Crippen LogP contribution < -0.4 is 5.32 Å². The van der Waals surface area contributed by atoms with E-state index in [1.54, 1.807) is 25.5 Å². The van der Waals surface area contributed by atoms with Crippen LogP contribution in [-0.2, 0) is 10.0 Å². The molecule has 1 atom stereocenters. The van der Waals surface area contributed by atoms with Crippen LogP contribution in [-0.4, -0.2) is 54.0 Å². The predicted molar refractivity (Wildman–Crippen MR) is 74.1 cm³/mol. The highest BCUT2D eigenvalue weighted by atomic mass is 32.2. The third kappa shape index (κ3) is 2.22. The van der Waals surface area contributed by atoms with E-state index in [1.165, 1.54) is 22.8 Å². The quantitative estimate of drug-likeness (QED) is 0.837. The van der Waals surface area contributed by atoms with Gasteiger partial charge in [-0.05, 0) is 6.92 Å². The molecular formula is C10H16N4O3S2. The summed E-state index contributed by atoms with van der Waals surface area (Å²) < 4.78 is 27.9. The molecule has 106 valence electrons. The number of hydrogen-bond acceptors (Lipinski definition) is 6. The maximum absolute atomic E-state index is 12.6. The lowest BCUT2D eigenvalue weighted by Gasteiger charge is -2.22. The molecule has 2 N–H and O–H groups in total. The number of sulfonamides is 1. The monoisotopic (exact) mass is 304 g/mol. The van der Waals surface area contributed by atoms with Crippen molar-refractivity contribution in [1.82, 2.24) is 13.7 Å². The first-order valence-electron chi connectivity index (χ1n) is 5.65. The zero-order valence-electron chi connectivity index (χ0n) is 10.9. The SMILES string of the molecule is CNc1nc2sccn2c1S(=O)(=O)N(C)C(C)CO. The van der Waals surface area contributed by atoms with Crippen molar-refractivity contribution in [3.05, 3.63) is 11.6 Å². The second-order valence-corrected chi connectivity index (χ2v) is 6.91. The number of rotatable bonds is 5. The van der Waals surface area contributed by atoms with E-state index in [4.69, 9.17) is 5.11 Å². The minimum atomic E-state index is -3.73. The molecule has 0 fully saturated rings. The molecular weight excluding hydrogens is 288 g/mol. The van der Waals surface area contributed by atoms with E-state index < -0.39 is 16.1 Å². The summed E-state index contributed by atoms with van der Waals surface area (Å²) in [6.07, 6.45) is 1.66. The average Bonchev–Trinajstić information content (AvgIpc) is 2.95. The Morgan fingerprint density at radius 1 is 1.63 bits per heavy atom. The molecule has 0 aromatic carbocycles. The van der Waals surface area contributed by atoms with E-state index in [2.05, 4.69) is 10.3 Å². The Balaban J connectivity index is 2.62. The third-order valence-electron chi connectivity index (χ3n) is 2.96. The van der Waals surface area contributed by atoms with E-state index in [0.717, 1.165) is 4.31 Å². The Kier molecular flexibility index (Phi) is 3.81. The second kappa shape index (κ2) is 5.08. The number of thiazole rings is 1. The maximum atomic E-state index is 12.6. The van der Waals surface area contributed by atoms with E-state index in [-0.39, 0.29) is 11.6 Å². The van der Waals surface area contributed by atoms with Gasteiger partial charge in [0.15, 0.2) is 15.8 Å². The van der Waals surface area contributed by atoms with Gasteiger partial charge in [0.25, 0.3) is 10.0 Å². The first kappa shape index (κ1) is 14.3. The molecule has 0 aliphatic rings. The summed E-state index contributed by atoms with van der Waals surface area (Å²) >= 11 is 1.36. The molecule has 9 heteroatoms. The van der Waals surface area contributed by atoms with Gasteiger partial charge in [-0.3, -0.25) is 4.40 Å². The molecule has 0 saturated carbocycles. The average molecular weight is 304 g/mol. The summed E-state index contributed by atoms with van der Waals surface area (Å²) in [6.45, 7) is 1.40. The molecule has 0 aliphatic carbocycles. The summed E-state index contributed by atoms with van der Waals surface area (Å²) in [5.74, 6) is 0.309. The lowest BCUT2D eigenvalue weighted by atomic mass is 10.4. The molecule has 1 unspecified atom stereocenters. The van der Waals surface area contributed by atoms with Crippen molar-refractivity contribution < 1.29 is 13.5 Å². The molecule has 19 heavy (non-hydrogen) atoms. The van der Waals surface area contributed by atoms with Crippen LogP contribution in [0.1, 0.15) is 6.92 Å². The van der Waals surface area contributed by atoms with Crippen molar-refractivity contribution in [2.75, 3.05) is 26.0 Å². The number of aliphatic hydroxyl groups is 1. The minimum absolute atomic E-state index is 0.0917. The van der Waals surface area contributed by atoms with Crippen LogP contribution in [0.15, 0.2) is 16.6 Å². The fourth-order valence-corrected chi connectivity index (χ4v) is 4.04. The van der Waals surface area contributed by atoms with Crippen molar-refractivity contribution in [2.45, 2.75) is 18.0 Å². The first-order valence-corrected chi connectivity index (χ1v) is 7.97. The smallest absolute Gasteiger partial charge is 0.262 e. The lowest BCUT2D eigenvalue weighted by Crippen LogP contribution is -2.38. The molecule has 2 aromatic heterocycles. The molecule has 0 saturated heterocycles. The van der Waals surface area contributed by atoms with Crippen LogP contribution in [0.25, 0.3) is 4.96 Å². The minimum Gasteiger partial charge on any atom is -0.395 e. The van der Waals surface area contributed by atoms with Crippen molar-refractivity contribution in [3.63, 3.8) is 0 Å². The number of aromatic nitrogens is 2. The number of fused-ring (bicyclic) bond motifs is 1. The van der Waals surface area contributed by atoms with Crippen LogP contribution >= 0.6 is 11.3 Å². The van der Waals surface area contributed by atoms with Gasteiger partial charge in [-0.1, -0.05) is 0 Å². The number of likely N-dealkylation sites (N-methyl/N-ethyl adjacent to an activating group) is 1. The number of aliphatic hydroxyl groups excluding tert-OH is 1. The summed E-state index contributed by atoms with van der Waals surface area (Å²) in [5.41, 5.74) is 0. The maximum Gasteiger partial charge on any atom is 0.262 e. The van der Waals surface area contributed by atoms with E-state index >= 15 is 0 Å². The Morgan fingerprint density at radius 2 is 2.32 bits per heavy atom. The third-order valence-corrected chi connectivity index (χ3v) is 5.72. The Hall–Kier alpha value is -1.16. The van der Waals surface area contributed by atoms with Crippen molar-refractivity contribution in [1.29, 1.82) is 0 Å². The lowest BCUT2D eigenvalue weighted by molar-refractivity contribution is 0.213. The number of nitrogens with zero attached hydrogens (tertiary/aromatic N) is 3. The molecule has 0 aliphatic heterocycles. The Labute approximate surface area is 115 Å². The second-order valence-electron chi connectivity index (χ2n) is 4.12. The van der Waals surface area contributed by atoms with Crippen LogP contribution in [0, 0.1) is 0 Å². The van der Waals surface area contributed by atoms with E-state index in [1.807, 2.05) is 0 Å². The van der Waals surface area contributed by atoms with Crippen LogP contribution in [0.2, 0.25) is 0 Å². The molecule has 2 aromatic rings. The van der Waals surface area contributed by atoms with Gasteiger partial charge >= 0.3 is 0 Å². The highest BCUT2D eigenvalue weighted by Gasteiger charge is 2.31. The topological polar surface area (TPSA) is 86.9 Å². The summed E-state index contributed by atoms with van der Waals surface area (Å²) in [4.78, 5) is 4.83. The fraction of sp³-hybridized carbons (Fsp3) is 0.500. The molecule has 0 bridgehead atoms. The summed E-state index contributed by atoms with van der Waals surface area (Å²) in [5, 5.41) is 13.8. The number of hydrogen-bond donors (Lipinski definition) is 2. The zero-order chi connectivity index (χ0) is 14.2. The van der Waals surface area contributed by atoms with Gasteiger partial charge in [-0.25, -0.2) is 13.4 Å². The number of anilines is 1. The Morgan fingerprint density at radius 3 is 2.89 bits per heavy atom. The normalized spacial score (nSPS) is 14.2. The zero-order valence-corrected chi connectivity index (χ0v) is 12.5. The van der Waals surface area contributed by atoms with Gasteiger partial charge in [0.05, 0.1) is 6.61 Å². The van der Waals surface area contributed by atoms with Crippen molar-refractivity contribution >= 4 is 32.1 Å². The number of imidazole rings is 1. The Bertz CT molecular complexity index is 676. The predicted octanol–water partition coefficient (Wildman–Crippen LogP) is 0.439. The summed E-state index contributed by atoms with van der Waals surface area (Å²) in [7, 11) is -0.657. The highest BCUT2D eigenvalue weighted by molar-refractivity contribution is 7.89. The van der Waals surface area contributed by atoms with Crippen molar-refractivity contribution in [2.24, 2.45) is 0 Å². The molecule has 0 spiro atoms. The largest absolute Gasteiger partial charge is 0.395 e. The standard InChI is InChI=1S/C10H16N4O3S2/c1-7(6-15)13(3)19(16,17)9-8(11-2)12-10-14(9)4-5-18-10/h4-5,7,11,15H,6H2,1-3H3. The van der Waals surface area contributed by atoms with E-state index in [9.17, 15) is 8.42 Å². The summed E-state index contributed by atoms with van der Waals surface area (Å²) in [6, 6.07) is -0.501. The molecule has 2 heterocycles.